The first kappa shape index (κ1) is 17.9. The van der Waals surface area contributed by atoms with Gasteiger partial charge in [0.1, 0.15) is 5.52 Å². The van der Waals surface area contributed by atoms with Crippen molar-refractivity contribution in [3.63, 3.8) is 0 Å². The third-order valence-electron chi connectivity index (χ3n) is 4.96. The minimum absolute atomic E-state index is 0.174. The van der Waals surface area contributed by atoms with Gasteiger partial charge in [-0.25, -0.2) is 14.8 Å². The predicted molar refractivity (Wildman–Crippen MR) is 107 cm³/mol. The fourth-order valence-corrected chi connectivity index (χ4v) is 4.35. The van der Waals surface area contributed by atoms with Gasteiger partial charge in [-0.15, -0.1) is 11.3 Å². The summed E-state index contributed by atoms with van der Waals surface area (Å²) in [6, 6.07) is 5.91. The third-order valence-corrected chi connectivity index (χ3v) is 5.82. The summed E-state index contributed by atoms with van der Waals surface area (Å²) in [7, 11) is 0. The topological polar surface area (TPSA) is 74.5 Å². The molecular formula is C19H23N5O2S. The number of thiophene rings is 1. The zero-order valence-electron chi connectivity index (χ0n) is 15.3. The van der Waals surface area contributed by atoms with Crippen molar-refractivity contribution in [2.45, 2.75) is 26.4 Å². The first-order chi connectivity index (χ1) is 13.2. The van der Waals surface area contributed by atoms with E-state index in [9.17, 15) is 9.90 Å². The monoisotopic (exact) mass is 385 g/mol. The highest BCUT2D eigenvalue weighted by Gasteiger charge is 2.21. The Morgan fingerprint density at radius 1 is 1.30 bits per heavy atom. The van der Waals surface area contributed by atoms with Gasteiger partial charge in [-0.3, -0.25) is 9.47 Å². The maximum Gasteiger partial charge on any atom is 0.337 e. The molecule has 7 nitrogen and oxygen atoms in total. The van der Waals surface area contributed by atoms with Gasteiger partial charge in [0.05, 0.1) is 5.56 Å². The maximum atomic E-state index is 11.2. The summed E-state index contributed by atoms with van der Waals surface area (Å²) in [4.78, 5) is 26.5. The van der Waals surface area contributed by atoms with Crippen LogP contribution in [0.4, 0.5) is 5.95 Å². The van der Waals surface area contributed by atoms with Gasteiger partial charge in [0, 0.05) is 50.3 Å². The van der Waals surface area contributed by atoms with Gasteiger partial charge >= 0.3 is 5.97 Å². The van der Waals surface area contributed by atoms with Crippen molar-refractivity contribution in [2.75, 3.05) is 31.1 Å². The van der Waals surface area contributed by atoms with Crippen molar-refractivity contribution in [1.29, 1.82) is 0 Å². The van der Waals surface area contributed by atoms with Crippen LogP contribution in [0.1, 0.15) is 28.6 Å². The Morgan fingerprint density at radius 3 is 2.93 bits per heavy atom. The van der Waals surface area contributed by atoms with Crippen LogP contribution in [0.15, 0.2) is 29.8 Å². The Labute approximate surface area is 161 Å². The number of pyridine rings is 1. The van der Waals surface area contributed by atoms with Crippen molar-refractivity contribution in [3.8, 4) is 0 Å². The van der Waals surface area contributed by atoms with Crippen LogP contribution in [0.25, 0.3) is 11.2 Å². The first-order valence-electron chi connectivity index (χ1n) is 9.25. The molecule has 0 amide bonds. The molecule has 3 aromatic heterocycles. The highest BCUT2D eigenvalue weighted by molar-refractivity contribution is 7.09. The Balaban J connectivity index is 1.57. The molecule has 4 rings (SSSR count). The van der Waals surface area contributed by atoms with Crippen LogP contribution in [0, 0.1) is 0 Å². The van der Waals surface area contributed by atoms with Crippen molar-refractivity contribution in [1.82, 2.24) is 19.4 Å². The van der Waals surface area contributed by atoms with E-state index in [1.165, 1.54) is 11.1 Å². The molecule has 0 spiro atoms. The van der Waals surface area contributed by atoms with Crippen molar-refractivity contribution < 1.29 is 9.90 Å². The second-order valence-corrected chi connectivity index (χ2v) is 7.76. The molecule has 0 atom stereocenters. The molecule has 1 N–H and O–H groups in total. The Morgan fingerprint density at radius 2 is 2.19 bits per heavy atom. The van der Waals surface area contributed by atoms with Crippen LogP contribution in [-0.2, 0) is 13.1 Å². The molecule has 0 aromatic carbocycles. The van der Waals surface area contributed by atoms with Gasteiger partial charge in [-0.1, -0.05) is 6.07 Å². The lowest BCUT2D eigenvalue weighted by atomic mass is 10.3. The van der Waals surface area contributed by atoms with Gasteiger partial charge in [0.2, 0.25) is 5.95 Å². The standard InChI is InChI=1S/C19H23N5O2S/c1-2-24-17-16(11-14(12-20-17)18(25)26)21-19(24)23-7-4-6-22(8-9-23)13-15-5-3-10-27-15/h3,5,10-12H,2,4,6-9,13H2,1H3,(H,25,26). The van der Waals surface area contributed by atoms with Crippen molar-refractivity contribution in [3.05, 3.63) is 40.2 Å². The summed E-state index contributed by atoms with van der Waals surface area (Å²) in [6.07, 6.45) is 2.49. The molecule has 1 fully saturated rings. The van der Waals surface area contributed by atoms with E-state index in [2.05, 4.69) is 43.8 Å². The molecule has 1 saturated heterocycles. The fourth-order valence-electron chi connectivity index (χ4n) is 3.60. The lowest BCUT2D eigenvalue weighted by Gasteiger charge is -2.23. The highest BCUT2D eigenvalue weighted by atomic mass is 32.1. The molecule has 8 heteroatoms. The van der Waals surface area contributed by atoms with Crippen LogP contribution >= 0.6 is 11.3 Å². The molecule has 0 bridgehead atoms. The summed E-state index contributed by atoms with van der Waals surface area (Å²) in [5.41, 5.74) is 1.57. The Kier molecular flexibility index (Phi) is 5.09. The normalized spacial score (nSPS) is 16.0. The summed E-state index contributed by atoms with van der Waals surface area (Å²) in [5.74, 6) is -0.0866. The number of carboxylic acids is 1. The molecule has 4 heterocycles. The number of imidazole rings is 1. The van der Waals surface area contributed by atoms with Crippen molar-refractivity contribution >= 4 is 34.4 Å². The largest absolute Gasteiger partial charge is 0.478 e. The number of aromatic nitrogens is 3. The molecular weight excluding hydrogens is 362 g/mol. The van der Waals surface area contributed by atoms with E-state index < -0.39 is 5.97 Å². The number of aromatic carboxylic acids is 1. The second-order valence-electron chi connectivity index (χ2n) is 6.72. The highest BCUT2D eigenvalue weighted by Crippen LogP contribution is 2.24. The van der Waals surface area contributed by atoms with Crippen LogP contribution in [0.5, 0.6) is 0 Å². The van der Waals surface area contributed by atoms with Crippen LogP contribution in [0.2, 0.25) is 0 Å². The van der Waals surface area contributed by atoms with Gasteiger partial charge in [0.15, 0.2) is 5.65 Å². The molecule has 27 heavy (non-hydrogen) atoms. The number of hydrogen-bond donors (Lipinski definition) is 1. The SMILES string of the molecule is CCn1c(N2CCCN(Cc3cccs3)CC2)nc2cc(C(=O)O)cnc21. The summed E-state index contributed by atoms with van der Waals surface area (Å²) < 4.78 is 2.08. The number of hydrogen-bond acceptors (Lipinski definition) is 6. The molecule has 0 aliphatic carbocycles. The molecule has 0 saturated carbocycles. The number of carbonyl (C=O) groups is 1. The third kappa shape index (κ3) is 3.68. The lowest BCUT2D eigenvalue weighted by Crippen LogP contribution is -2.32. The summed E-state index contributed by atoms with van der Waals surface area (Å²) in [5, 5.41) is 11.3. The summed E-state index contributed by atoms with van der Waals surface area (Å²) in [6.45, 7) is 7.72. The molecule has 0 radical (unpaired) electrons. The van der Waals surface area contributed by atoms with E-state index in [-0.39, 0.29) is 5.56 Å². The molecule has 0 unspecified atom stereocenters. The quantitative estimate of drug-likeness (QED) is 0.728. The van der Waals surface area contributed by atoms with E-state index in [0.29, 0.717) is 5.52 Å². The van der Waals surface area contributed by atoms with Gasteiger partial charge in [-0.05, 0) is 30.9 Å². The molecule has 142 valence electrons. The number of nitrogens with zero attached hydrogens (tertiary/aromatic N) is 5. The van der Waals surface area contributed by atoms with Gasteiger partial charge < -0.3 is 10.0 Å². The average Bonchev–Trinajstić information content (AvgIpc) is 3.23. The number of anilines is 1. The maximum absolute atomic E-state index is 11.2. The van der Waals surface area contributed by atoms with Crippen molar-refractivity contribution in [2.24, 2.45) is 0 Å². The van der Waals surface area contributed by atoms with Gasteiger partial charge in [-0.2, -0.15) is 0 Å². The number of fused-ring (bicyclic) bond motifs is 1. The minimum Gasteiger partial charge on any atom is -0.478 e. The van der Waals surface area contributed by atoms with Crippen LogP contribution in [0.3, 0.4) is 0 Å². The molecule has 3 aromatic rings. The smallest absolute Gasteiger partial charge is 0.337 e. The van der Waals surface area contributed by atoms with Crippen LogP contribution < -0.4 is 4.90 Å². The minimum atomic E-state index is -0.976. The number of carboxylic acid groups (broad SMARTS) is 1. The van der Waals surface area contributed by atoms with E-state index in [1.807, 2.05) is 0 Å². The zero-order valence-corrected chi connectivity index (χ0v) is 16.2. The van der Waals surface area contributed by atoms with Gasteiger partial charge in [0.25, 0.3) is 0 Å². The Bertz CT molecular complexity index is 937. The average molecular weight is 385 g/mol. The lowest BCUT2D eigenvalue weighted by molar-refractivity contribution is 0.0696. The van der Waals surface area contributed by atoms with E-state index >= 15 is 0 Å². The van der Waals surface area contributed by atoms with Crippen LogP contribution in [-0.4, -0.2) is 56.7 Å². The number of aryl methyl sites for hydroxylation is 1. The fraction of sp³-hybridized carbons (Fsp3) is 0.421. The molecule has 1 aliphatic rings. The molecule has 1 aliphatic heterocycles. The Hall–Kier alpha value is -2.45. The van der Waals surface area contributed by atoms with E-state index in [4.69, 9.17) is 4.98 Å². The second kappa shape index (κ2) is 7.66. The number of rotatable bonds is 5. The summed E-state index contributed by atoms with van der Waals surface area (Å²) >= 11 is 1.81. The van der Waals surface area contributed by atoms with E-state index in [1.54, 1.807) is 17.4 Å². The zero-order chi connectivity index (χ0) is 18.8. The predicted octanol–water partition coefficient (Wildman–Crippen LogP) is 2.92. The first-order valence-corrected chi connectivity index (χ1v) is 10.1. The van der Waals surface area contributed by atoms with E-state index in [0.717, 1.165) is 57.3 Å².